The van der Waals surface area contributed by atoms with E-state index in [-0.39, 0.29) is 25.0 Å². The van der Waals surface area contributed by atoms with Crippen LogP contribution in [0.25, 0.3) is 10.8 Å². The summed E-state index contributed by atoms with van der Waals surface area (Å²) in [5, 5.41) is 4.91. The molecule has 3 rings (SSSR count). The summed E-state index contributed by atoms with van der Waals surface area (Å²) in [5.74, 6) is 0.906. The van der Waals surface area contributed by atoms with Crippen LogP contribution >= 0.6 is 0 Å². The molecule has 2 amide bonds. The van der Waals surface area contributed by atoms with Crippen LogP contribution in [0.5, 0.6) is 11.5 Å². The Bertz CT molecular complexity index is 1080. The molecule has 3 aromatic carbocycles. The van der Waals surface area contributed by atoms with Crippen LogP contribution in [-0.4, -0.2) is 43.0 Å². The van der Waals surface area contributed by atoms with E-state index in [1.165, 1.54) is 0 Å². The quantitative estimate of drug-likeness (QED) is 0.437. The summed E-state index contributed by atoms with van der Waals surface area (Å²) < 4.78 is 11.2. The zero-order valence-electron chi connectivity index (χ0n) is 19.5. The van der Waals surface area contributed by atoms with Crippen molar-refractivity contribution in [1.29, 1.82) is 0 Å². The van der Waals surface area contributed by atoms with E-state index in [2.05, 4.69) is 12.2 Å². The van der Waals surface area contributed by atoms with Gasteiger partial charge in [-0.3, -0.25) is 9.59 Å². The molecule has 0 aliphatic heterocycles. The lowest BCUT2D eigenvalue weighted by Crippen LogP contribution is -2.49. The number of rotatable bonds is 11. The van der Waals surface area contributed by atoms with Crippen LogP contribution in [-0.2, 0) is 16.1 Å². The molecule has 0 fully saturated rings. The van der Waals surface area contributed by atoms with Crippen molar-refractivity contribution in [2.45, 2.75) is 39.3 Å². The van der Waals surface area contributed by atoms with E-state index in [0.29, 0.717) is 18.0 Å². The molecular weight excluding hydrogens is 416 g/mol. The van der Waals surface area contributed by atoms with Crippen molar-refractivity contribution in [3.05, 3.63) is 72.3 Å². The number of carbonyl (C=O) groups is 2. The van der Waals surface area contributed by atoms with Crippen molar-refractivity contribution in [2.24, 2.45) is 0 Å². The number of benzene rings is 3. The number of fused-ring (bicyclic) bond motifs is 1. The molecule has 0 bridgehead atoms. The first-order valence-electron chi connectivity index (χ1n) is 11.3. The summed E-state index contributed by atoms with van der Waals surface area (Å²) in [6, 6.07) is 20.5. The number of hydrogen-bond acceptors (Lipinski definition) is 4. The number of hydrogen-bond donors (Lipinski definition) is 1. The largest absolute Gasteiger partial charge is 0.497 e. The van der Waals surface area contributed by atoms with E-state index in [9.17, 15) is 9.59 Å². The second-order valence-electron chi connectivity index (χ2n) is 7.96. The lowest BCUT2D eigenvalue weighted by molar-refractivity contribution is -0.142. The summed E-state index contributed by atoms with van der Waals surface area (Å²) in [6.07, 6.45) is 1.88. The number of carbonyl (C=O) groups excluding carboxylic acids is 2. The first-order chi connectivity index (χ1) is 16.0. The Hall–Kier alpha value is -3.54. The molecular formula is C27H32N2O4. The summed E-state index contributed by atoms with van der Waals surface area (Å²) >= 11 is 0. The second kappa shape index (κ2) is 11.9. The molecule has 1 atom stereocenters. The first kappa shape index (κ1) is 24.1. The number of nitrogens with one attached hydrogen (secondary N) is 1. The van der Waals surface area contributed by atoms with Crippen molar-refractivity contribution in [2.75, 3.05) is 20.3 Å². The third-order valence-corrected chi connectivity index (χ3v) is 5.58. The van der Waals surface area contributed by atoms with Crippen molar-refractivity contribution in [3.8, 4) is 11.5 Å². The first-order valence-corrected chi connectivity index (χ1v) is 11.3. The Labute approximate surface area is 195 Å². The highest BCUT2D eigenvalue weighted by Crippen LogP contribution is 2.25. The Morgan fingerprint density at radius 1 is 1.03 bits per heavy atom. The zero-order valence-corrected chi connectivity index (χ0v) is 19.5. The van der Waals surface area contributed by atoms with Crippen LogP contribution in [0, 0.1) is 0 Å². The van der Waals surface area contributed by atoms with Gasteiger partial charge >= 0.3 is 0 Å². The molecule has 0 spiro atoms. The van der Waals surface area contributed by atoms with Gasteiger partial charge < -0.3 is 19.7 Å². The minimum Gasteiger partial charge on any atom is -0.497 e. The third-order valence-electron chi connectivity index (χ3n) is 5.58. The molecule has 0 saturated heterocycles. The highest BCUT2D eigenvalue weighted by molar-refractivity contribution is 5.90. The minimum absolute atomic E-state index is 0.162. The van der Waals surface area contributed by atoms with Crippen LogP contribution in [0.15, 0.2) is 66.7 Å². The molecule has 1 unspecified atom stereocenters. The van der Waals surface area contributed by atoms with Crippen molar-refractivity contribution in [3.63, 3.8) is 0 Å². The molecule has 174 valence electrons. The van der Waals surface area contributed by atoms with Gasteiger partial charge in [0, 0.05) is 18.5 Å². The van der Waals surface area contributed by atoms with Crippen molar-refractivity contribution >= 4 is 22.6 Å². The molecule has 0 aromatic heterocycles. The average molecular weight is 449 g/mol. The summed E-state index contributed by atoms with van der Waals surface area (Å²) in [6.45, 7) is 4.52. The molecule has 0 aliphatic rings. The van der Waals surface area contributed by atoms with Gasteiger partial charge in [-0.05, 0) is 42.5 Å². The molecule has 3 aromatic rings. The predicted molar refractivity (Wildman–Crippen MR) is 130 cm³/mol. The van der Waals surface area contributed by atoms with E-state index in [1.54, 1.807) is 18.9 Å². The minimum atomic E-state index is -0.642. The van der Waals surface area contributed by atoms with Gasteiger partial charge in [0.1, 0.15) is 17.5 Å². The summed E-state index contributed by atoms with van der Waals surface area (Å²) in [4.78, 5) is 27.6. The highest BCUT2D eigenvalue weighted by atomic mass is 16.5. The third kappa shape index (κ3) is 6.48. The Balaban J connectivity index is 1.77. The molecule has 6 nitrogen and oxygen atoms in total. The molecule has 6 heteroatoms. The van der Waals surface area contributed by atoms with Gasteiger partial charge in [0.05, 0.1) is 7.11 Å². The molecule has 0 saturated carbocycles. The molecule has 1 N–H and O–H groups in total. The van der Waals surface area contributed by atoms with Crippen molar-refractivity contribution in [1.82, 2.24) is 10.2 Å². The predicted octanol–water partition coefficient (Wildman–Crippen LogP) is 4.56. The molecule has 0 aliphatic carbocycles. The second-order valence-corrected chi connectivity index (χ2v) is 7.96. The van der Waals surface area contributed by atoms with Gasteiger partial charge in [0.25, 0.3) is 5.91 Å². The van der Waals surface area contributed by atoms with Crippen LogP contribution in [0.2, 0.25) is 0 Å². The van der Waals surface area contributed by atoms with Gasteiger partial charge in [-0.2, -0.15) is 0 Å². The monoisotopic (exact) mass is 448 g/mol. The van der Waals surface area contributed by atoms with E-state index in [1.807, 2.05) is 66.7 Å². The Kier molecular flexibility index (Phi) is 8.70. The number of ether oxygens (including phenoxy) is 2. The maximum Gasteiger partial charge on any atom is 0.261 e. The highest BCUT2D eigenvalue weighted by Gasteiger charge is 2.26. The fourth-order valence-electron chi connectivity index (χ4n) is 3.63. The summed E-state index contributed by atoms with van der Waals surface area (Å²) in [7, 11) is 1.60. The van der Waals surface area contributed by atoms with Crippen LogP contribution in [0.1, 0.15) is 32.3 Å². The van der Waals surface area contributed by atoms with Crippen LogP contribution in [0.3, 0.4) is 0 Å². The van der Waals surface area contributed by atoms with Gasteiger partial charge in [0.15, 0.2) is 6.61 Å². The lowest BCUT2D eigenvalue weighted by Gasteiger charge is -2.29. The number of unbranched alkanes of at least 4 members (excludes halogenated alkanes) is 1. The van der Waals surface area contributed by atoms with E-state index >= 15 is 0 Å². The van der Waals surface area contributed by atoms with Gasteiger partial charge in [-0.15, -0.1) is 0 Å². The lowest BCUT2D eigenvalue weighted by atomic mass is 10.1. The number of nitrogens with zero attached hydrogens (tertiary/aromatic N) is 1. The maximum absolute atomic E-state index is 13.3. The van der Waals surface area contributed by atoms with E-state index < -0.39 is 6.04 Å². The normalized spacial score (nSPS) is 11.6. The van der Waals surface area contributed by atoms with Gasteiger partial charge in [0.2, 0.25) is 5.91 Å². The van der Waals surface area contributed by atoms with E-state index in [4.69, 9.17) is 9.47 Å². The topological polar surface area (TPSA) is 67.9 Å². The fraction of sp³-hybridized carbons (Fsp3) is 0.333. The smallest absolute Gasteiger partial charge is 0.261 e. The van der Waals surface area contributed by atoms with E-state index in [0.717, 1.165) is 29.2 Å². The Morgan fingerprint density at radius 3 is 2.58 bits per heavy atom. The fourth-order valence-corrected chi connectivity index (χ4v) is 3.63. The zero-order chi connectivity index (χ0) is 23.6. The SMILES string of the molecule is CCCCNC(=O)C(C)N(Cc1cccc(OC)c1)C(=O)COc1cccc2ccccc12. The number of amides is 2. The summed E-state index contributed by atoms with van der Waals surface area (Å²) in [5.41, 5.74) is 0.876. The molecule has 33 heavy (non-hydrogen) atoms. The molecule has 0 radical (unpaired) electrons. The maximum atomic E-state index is 13.3. The van der Waals surface area contributed by atoms with Crippen LogP contribution < -0.4 is 14.8 Å². The molecule has 0 heterocycles. The standard InChI is InChI=1S/C27H32N2O4/c1-4-5-16-28-27(31)20(2)29(18-21-10-8-13-23(17-21)32-3)26(30)19-33-25-15-9-12-22-11-6-7-14-24(22)25/h6-15,17,20H,4-5,16,18-19H2,1-3H3,(H,28,31). The number of methoxy groups -OCH3 is 1. The van der Waals surface area contributed by atoms with Gasteiger partial charge in [-0.1, -0.05) is 61.9 Å². The Morgan fingerprint density at radius 2 is 1.79 bits per heavy atom. The average Bonchev–Trinajstić information content (AvgIpc) is 2.85. The van der Waals surface area contributed by atoms with Crippen molar-refractivity contribution < 1.29 is 19.1 Å². The van der Waals surface area contributed by atoms with Crippen LogP contribution in [0.4, 0.5) is 0 Å². The van der Waals surface area contributed by atoms with Gasteiger partial charge in [-0.25, -0.2) is 0 Å².